The van der Waals surface area contributed by atoms with Crippen molar-refractivity contribution < 1.29 is 14.3 Å². The number of benzene rings is 2. The largest absolute Gasteiger partial charge is 0.495 e. The number of nitrogens with one attached hydrogen (secondary N) is 1. The lowest BCUT2D eigenvalue weighted by molar-refractivity contribution is 0.102. The number of nitrogens with zero attached hydrogens (tertiary/aromatic N) is 1. The average Bonchev–Trinajstić information content (AvgIpc) is 3.03. The molecule has 0 saturated carbocycles. The molecular formula is C20H22N2O3S. The van der Waals surface area contributed by atoms with Gasteiger partial charge in [0.15, 0.2) is 5.13 Å². The summed E-state index contributed by atoms with van der Waals surface area (Å²) in [6.07, 6.45) is 0. The number of carbonyl (C=O) groups is 1. The van der Waals surface area contributed by atoms with Gasteiger partial charge in [0.25, 0.3) is 5.91 Å². The van der Waals surface area contributed by atoms with Gasteiger partial charge in [0.05, 0.1) is 14.2 Å². The van der Waals surface area contributed by atoms with Crippen molar-refractivity contribution >= 4 is 32.6 Å². The molecule has 3 rings (SSSR count). The van der Waals surface area contributed by atoms with Gasteiger partial charge in [-0.1, -0.05) is 44.2 Å². The fourth-order valence-corrected chi connectivity index (χ4v) is 3.60. The first kappa shape index (κ1) is 18.2. The van der Waals surface area contributed by atoms with Gasteiger partial charge in [-0.2, -0.15) is 0 Å². The molecule has 0 spiro atoms. The number of ether oxygens (including phenoxy) is 2. The molecule has 0 aliphatic rings. The Morgan fingerprint density at radius 3 is 2.19 bits per heavy atom. The zero-order valence-electron chi connectivity index (χ0n) is 15.5. The van der Waals surface area contributed by atoms with E-state index in [1.165, 1.54) is 16.9 Å². The van der Waals surface area contributed by atoms with Crippen LogP contribution in [0.3, 0.4) is 0 Å². The molecule has 0 saturated heterocycles. The standard InChI is InChI=1S/C20H22N2O3S/c1-20(2,3)13-8-6-12(7-9-13)18(23)22-19-21-16-14(24-4)10-11-15(25-5)17(16)26-19/h6-11H,1-5H3,(H,21,22,23). The summed E-state index contributed by atoms with van der Waals surface area (Å²) < 4.78 is 11.6. The molecule has 5 nitrogen and oxygen atoms in total. The fraction of sp³-hybridized carbons (Fsp3) is 0.300. The third kappa shape index (κ3) is 3.51. The van der Waals surface area contributed by atoms with Gasteiger partial charge in [-0.05, 0) is 35.2 Å². The number of amides is 1. The maximum absolute atomic E-state index is 12.6. The highest BCUT2D eigenvalue weighted by Crippen LogP contribution is 2.38. The van der Waals surface area contributed by atoms with E-state index >= 15 is 0 Å². The molecule has 1 amide bonds. The van der Waals surface area contributed by atoms with E-state index in [1.807, 2.05) is 30.3 Å². The number of methoxy groups -OCH3 is 2. The Balaban J connectivity index is 1.87. The SMILES string of the molecule is COc1ccc(OC)c2sc(NC(=O)c3ccc(C(C)(C)C)cc3)nc12. The molecule has 0 unspecified atom stereocenters. The summed E-state index contributed by atoms with van der Waals surface area (Å²) in [4.78, 5) is 17.0. The van der Waals surface area contributed by atoms with Gasteiger partial charge in [0.1, 0.15) is 21.7 Å². The predicted molar refractivity (Wildman–Crippen MR) is 106 cm³/mol. The third-order valence-electron chi connectivity index (χ3n) is 4.14. The normalized spacial score (nSPS) is 11.4. The number of anilines is 1. The van der Waals surface area contributed by atoms with E-state index in [2.05, 4.69) is 31.1 Å². The summed E-state index contributed by atoms with van der Waals surface area (Å²) in [6.45, 7) is 6.43. The van der Waals surface area contributed by atoms with Gasteiger partial charge in [-0.15, -0.1) is 0 Å². The first-order chi connectivity index (χ1) is 12.3. The van der Waals surface area contributed by atoms with Gasteiger partial charge in [-0.3, -0.25) is 10.1 Å². The van der Waals surface area contributed by atoms with E-state index in [4.69, 9.17) is 9.47 Å². The lowest BCUT2D eigenvalue weighted by Crippen LogP contribution is -2.14. The van der Waals surface area contributed by atoms with Gasteiger partial charge in [0.2, 0.25) is 0 Å². The molecule has 0 fully saturated rings. The first-order valence-electron chi connectivity index (χ1n) is 8.27. The van der Waals surface area contributed by atoms with E-state index in [0.717, 1.165) is 4.70 Å². The molecule has 0 radical (unpaired) electrons. The molecule has 1 N–H and O–H groups in total. The second kappa shape index (κ2) is 6.96. The Bertz CT molecular complexity index is 899. The summed E-state index contributed by atoms with van der Waals surface area (Å²) in [5.41, 5.74) is 2.50. The zero-order valence-corrected chi connectivity index (χ0v) is 16.4. The first-order valence-corrected chi connectivity index (χ1v) is 9.08. The van der Waals surface area contributed by atoms with Gasteiger partial charge in [0, 0.05) is 5.56 Å². The number of aromatic nitrogens is 1. The van der Waals surface area contributed by atoms with Crippen LogP contribution in [0.5, 0.6) is 11.5 Å². The minimum absolute atomic E-state index is 0.0507. The second-order valence-corrected chi connectivity index (χ2v) is 7.95. The highest BCUT2D eigenvalue weighted by Gasteiger charge is 2.17. The average molecular weight is 370 g/mol. The number of rotatable bonds is 4. The minimum atomic E-state index is -0.192. The van der Waals surface area contributed by atoms with Crippen LogP contribution in [0.2, 0.25) is 0 Å². The zero-order chi connectivity index (χ0) is 18.9. The van der Waals surface area contributed by atoms with Crippen molar-refractivity contribution in [1.29, 1.82) is 0 Å². The van der Waals surface area contributed by atoms with Crippen LogP contribution in [-0.4, -0.2) is 25.1 Å². The monoisotopic (exact) mass is 370 g/mol. The van der Waals surface area contributed by atoms with Crippen molar-refractivity contribution in [2.75, 3.05) is 19.5 Å². The molecule has 3 aromatic rings. The van der Waals surface area contributed by atoms with Crippen LogP contribution in [0, 0.1) is 0 Å². The van der Waals surface area contributed by atoms with Crippen LogP contribution in [0.25, 0.3) is 10.2 Å². The lowest BCUT2D eigenvalue weighted by atomic mass is 9.87. The van der Waals surface area contributed by atoms with Crippen molar-refractivity contribution in [1.82, 2.24) is 4.98 Å². The van der Waals surface area contributed by atoms with Crippen LogP contribution >= 0.6 is 11.3 Å². The lowest BCUT2D eigenvalue weighted by Gasteiger charge is -2.18. The quantitative estimate of drug-likeness (QED) is 0.712. The second-order valence-electron chi connectivity index (χ2n) is 6.95. The van der Waals surface area contributed by atoms with Crippen LogP contribution in [-0.2, 0) is 5.41 Å². The number of thiazole rings is 1. The molecule has 0 aliphatic heterocycles. The number of hydrogen-bond acceptors (Lipinski definition) is 5. The molecule has 1 heterocycles. The smallest absolute Gasteiger partial charge is 0.257 e. The summed E-state index contributed by atoms with van der Waals surface area (Å²) in [6, 6.07) is 11.3. The fourth-order valence-electron chi connectivity index (χ4n) is 2.63. The number of carbonyl (C=O) groups excluding carboxylic acids is 1. The van der Waals surface area contributed by atoms with E-state index in [9.17, 15) is 4.79 Å². The maximum Gasteiger partial charge on any atom is 0.257 e. The Morgan fingerprint density at radius 1 is 1.00 bits per heavy atom. The summed E-state index contributed by atoms with van der Waals surface area (Å²) in [5.74, 6) is 1.16. The Labute approximate surface area is 157 Å². The van der Waals surface area contributed by atoms with Crippen molar-refractivity contribution in [3.63, 3.8) is 0 Å². The Hall–Kier alpha value is -2.60. The molecular weight excluding hydrogens is 348 g/mol. The number of fused-ring (bicyclic) bond motifs is 1. The maximum atomic E-state index is 12.6. The van der Waals surface area contributed by atoms with Crippen LogP contribution in [0.1, 0.15) is 36.7 Å². The minimum Gasteiger partial charge on any atom is -0.495 e. The van der Waals surface area contributed by atoms with E-state index in [-0.39, 0.29) is 11.3 Å². The summed E-state index contributed by atoms with van der Waals surface area (Å²) >= 11 is 1.36. The topological polar surface area (TPSA) is 60.5 Å². The molecule has 0 bridgehead atoms. The molecule has 6 heteroatoms. The number of hydrogen-bond donors (Lipinski definition) is 1. The Morgan fingerprint density at radius 2 is 1.62 bits per heavy atom. The van der Waals surface area contributed by atoms with Crippen LogP contribution in [0.4, 0.5) is 5.13 Å². The molecule has 0 atom stereocenters. The van der Waals surface area contributed by atoms with Gasteiger partial charge >= 0.3 is 0 Å². The van der Waals surface area contributed by atoms with Crippen LogP contribution < -0.4 is 14.8 Å². The van der Waals surface area contributed by atoms with Gasteiger partial charge in [-0.25, -0.2) is 4.98 Å². The summed E-state index contributed by atoms with van der Waals surface area (Å²) in [5, 5.41) is 3.37. The highest BCUT2D eigenvalue weighted by atomic mass is 32.1. The summed E-state index contributed by atoms with van der Waals surface area (Å²) in [7, 11) is 3.20. The van der Waals surface area contributed by atoms with Crippen molar-refractivity contribution in [3.8, 4) is 11.5 Å². The predicted octanol–water partition coefficient (Wildman–Crippen LogP) is 4.86. The van der Waals surface area contributed by atoms with Crippen molar-refractivity contribution in [2.45, 2.75) is 26.2 Å². The van der Waals surface area contributed by atoms with Crippen molar-refractivity contribution in [3.05, 3.63) is 47.5 Å². The van der Waals surface area contributed by atoms with E-state index in [0.29, 0.717) is 27.7 Å². The van der Waals surface area contributed by atoms with Crippen LogP contribution in [0.15, 0.2) is 36.4 Å². The van der Waals surface area contributed by atoms with Crippen molar-refractivity contribution in [2.24, 2.45) is 0 Å². The molecule has 0 aliphatic carbocycles. The third-order valence-corrected chi connectivity index (χ3v) is 5.13. The molecule has 26 heavy (non-hydrogen) atoms. The van der Waals surface area contributed by atoms with E-state index < -0.39 is 0 Å². The molecule has 1 aromatic heterocycles. The Kier molecular flexibility index (Phi) is 4.87. The molecule has 2 aromatic carbocycles. The van der Waals surface area contributed by atoms with E-state index in [1.54, 1.807) is 20.3 Å². The highest BCUT2D eigenvalue weighted by molar-refractivity contribution is 7.22. The van der Waals surface area contributed by atoms with Gasteiger partial charge < -0.3 is 9.47 Å². The molecule has 136 valence electrons.